The van der Waals surface area contributed by atoms with Crippen molar-refractivity contribution < 1.29 is 27.1 Å². The maximum absolute atomic E-state index is 10.00. The van der Waals surface area contributed by atoms with Gasteiger partial charge >= 0.3 is 0 Å². The predicted molar refractivity (Wildman–Crippen MR) is 111 cm³/mol. The molecule has 160 valence electrons. The average molecular weight is 435 g/mol. The van der Waals surface area contributed by atoms with E-state index in [4.69, 9.17) is 23.2 Å². The summed E-state index contributed by atoms with van der Waals surface area (Å²) in [4.78, 5) is 0. The van der Waals surface area contributed by atoms with Gasteiger partial charge < -0.3 is 27.1 Å². The smallest absolute Gasteiger partial charge is 0.116 e. The Bertz CT molecular complexity index is 307. The van der Waals surface area contributed by atoms with Gasteiger partial charge in [0.25, 0.3) is 0 Å². The minimum Gasteiger partial charge on any atom is -1.00 e. The Morgan fingerprint density at radius 2 is 1.23 bits per heavy atom. The van der Waals surface area contributed by atoms with Crippen LogP contribution in [0.3, 0.4) is 0 Å². The summed E-state index contributed by atoms with van der Waals surface area (Å²) in [6, 6.07) is 0.302. The highest BCUT2D eigenvalue weighted by Gasteiger charge is 2.31. The number of rotatable bonds is 17. The van der Waals surface area contributed by atoms with Gasteiger partial charge in [-0.1, -0.05) is 58.3 Å². The number of halogens is 3. The van der Waals surface area contributed by atoms with Gasteiger partial charge in [-0.2, -0.15) is 0 Å². The van der Waals surface area contributed by atoms with E-state index in [2.05, 4.69) is 21.0 Å². The van der Waals surface area contributed by atoms with Gasteiger partial charge in [-0.05, 0) is 12.8 Å². The average Bonchev–Trinajstić information content (AvgIpc) is 2.58. The molecule has 0 heterocycles. The van der Waals surface area contributed by atoms with E-state index in [1.165, 1.54) is 57.8 Å². The van der Waals surface area contributed by atoms with Crippen LogP contribution in [0.1, 0.15) is 77.6 Å². The first-order valence-electron chi connectivity index (χ1n) is 10.2. The van der Waals surface area contributed by atoms with Crippen LogP contribution in [0.5, 0.6) is 0 Å². The number of hydrogen-bond donors (Lipinski definition) is 2. The fourth-order valence-electron chi connectivity index (χ4n) is 3.56. The van der Waals surface area contributed by atoms with Crippen LogP contribution in [0, 0.1) is 0 Å². The Morgan fingerprint density at radius 3 is 1.69 bits per heavy atom. The zero-order valence-electron chi connectivity index (χ0n) is 17.1. The molecule has 0 aromatic carbocycles. The summed E-state index contributed by atoms with van der Waals surface area (Å²) in [7, 11) is 4.24. The van der Waals surface area contributed by atoms with E-state index >= 15 is 0 Å². The molecule has 0 fully saturated rings. The zero-order chi connectivity index (χ0) is 19.1. The molecule has 0 rings (SSSR count). The molecular weight excluding hydrogens is 393 g/mol. The Balaban J connectivity index is 0. The van der Waals surface area contributed by atoms with E-state index in [1.807, 2.05) is 0 Å². The van der Waals surface area contributed by atoms with Crippen LogP contribution < -0.4 is 12.4 Å². The van der Waals surface area contributed by atoms with Crippen molar-refractivity contribution in [2.45, 2.75) is 95.8 Å². The maximum atomic E-state index is 10.00. The Hall–Kier alpha value is 0.750. The third kappa shape index (κ3) is 14.8. The highest BCUT2D eigenvalue weighted by molar-refractivity contribution is 6.18. The molecule has 26 heavy (non-hydrogen) atoms. The summed E-state index contributed by atoms with van der Waals surface area (Å²) in [5, 5.41) is 19.9. The number of likely N-dealkylation sites (N-methyl/N-ethyl adjacent to an activating group) is 1. The second-order valence-corrected chi connectivity index (χ2v) is 8.70. The lowest BCUT2D eigenvalue weighted by atomic mass is 9.98. The van der Waals surface area contributed by atoms with Crippen molar-refractivity contribution in [1.29, 1.82) is 0 Å². The highest BCUT2D eigenvalue weighted by atomic mass is 35.5. The maximum Gasteiger partial charge on any atom is 0.116 e. The van der Waals surface area contributed by atoms with Gasteiger partial charge in [0.05, 0.1) is 32.1 Å². The van der Waals surface area contributed by atoms with Crippen molar-refractivity contribution in [3.63, 3.8) is 0 Å². The lowest BCUT2D eigenvalue weighted by molar-refractivity contribution is -0.918. The molecule has 3 atom stereocenters. The van der Waals surface area contributed by atoms with E-state index in [9.17, 15) is 10.2 Å². The van der Waals surface area contributed by atoms with E-state index in [1.54, 1.807) is 0 Å². The normalized spacial score (nSPS) is 15.3. The molecule has 0 aromatic rings. The summed E-state index contributed by atoms with van der Waals surface area (Å²) in [5.41, 5.74) is 0. The molecule has 0 saturated carbocycles. The number of hydrogen-bond acceptors (Lipinski definition) is 2. The summed E-state index contributed by atoms with van der Waals surface area (Å²) in [5.74, 6) is 0.525. The molecule has 0 aliphatic carbocycles. The lowest BCUT2D eigenvalue weighted by Gasteiger charge is -2.40. The molecular formula is C20H42Cl3NO2. The number of aliphatic hydroxyl groups excluding tert-OH is 2. The minimum absolute atomic E-state index is 0. The first-order chi connectivity index (χ1) is 11.9. The van der Waals surface area contributed by atoms with Crippen LogP contribution in [0.4, 0.5) is 0 Å². The van der Waals surface area contributed by atoms with Crippen LogP contribution in [-0.2, 0) is 0 Å². The molecule has 0 aliphatic heterocycles. The SMILES string of the molecule is CCCCCCCCCCCC(CC(O)CCl)[N+](C)(C)CC(O)CCl.[Cl-]. The van der Waals surface area contributed by atoms with Gasteiger partial charge in [-0.15, -0.1) is 23.2 Å². The molecule has 0 saturated heterocycles. The number of alkyl halides is 2. The summed E-state index contributed by atoms with van der Waals surface area (Å²) in [6.07, 6.45) is 12.6. The van der Waals surface area contributed by atoms with E-state index in [0.717, 1.165) is 6.42 Å². The van der Waals surface area contributed by atoms with Crippen molar-refractivity contribution >= 4 is 23.2 Å². The summed E-state index contributed by atoms with van der Waals surface area (Å²) >= 11 is 11.6. The number of quaternary nitrogens is 1. The Kier molecular flexibility index (Phi) is 19.8. The largest absolute Gasteiger partial charge is 1.00 e. The molecule has 0 radical (unpaired) electrons. The molecule has 6 heteroatoms. The molecule has 2 N–H and O–H groups in total. The Morgan fingerprint density at radius 1 is 0.769 bits per heavy atom. The van der Waals surface area contributed by atoms with E-state index < -0.39 is 12.2 Å². The number of nitrogens with zero attached hydrogens (tertiary/aromatic N) is 1. The topological polar surface area (TPSA) is 40.5 Å². The third-order valence-corrected chi connectivity index (χ3v) is 5.92. The third-order valence-electron chi connectivity index (χ3n) is 5.21. The minimum atomic E-state index is -0.504. The van der Waals surface area contributed by atoms with Gasteiger partial charge in [-0.3, -0.25) is 0 Å². The van der Waals surface area contributed by atoms with Crippen molar-refractivity contribution in [2.75, 3.05) is 32.4 Å². The van der Waals surface area contributed by atoms with Crippen LogP contribution in [0.2, 0.25) is 0 Å². The summed E-state index contributed by atoms with van der Waals surface area (Å²) in [6.45, 7) is 2.87. The standard InChI is InChI=1S/C20H42Cl2NO2.ClH/c1-4-5-6-7-8-9-10-11-12-13-18(14-19(24)15-21)23(2,3)17-20(25)16-22;/h18-20,24-25H,4-17H2,1-3H3;1H/q+1;/p-1. The van der Waals surface area contributed by atoms with Gasteiger partial charge in [0.2, 0.25) is 0 Å². The molecule has 3 unspecified atom stereocenters. The molecule has 0 aliphatic rings. The quantitative estimate of drug-likeness (QED) is 0.209. The zero-order valence-corrected chi connectivity index (χ0v) is 19.4. The first kappa shape index (κ1) is 29.0. The predicted octanol–water partition coefficient (Wildman–Crippen LogP) is 1.95. The fraction of sp³-hybridized carbons (Fsp3) is 1.00. The number of aliphatic hydroxyl groups is 2. The molecule has 0 amide bonds. The molecule has 0 bridgehead atoms. The van der Waals surface area contributed by atoms with E-state index in [0.29, 0.717) is 23.5 Å². The number of unbranched alkanes of at least 4 members (excludes halogenated alkanes) is 8. The van der Waals surface area contributed by atoms with Crippen LogP contribution in [-0.4, -0.2) is 65.3 Å². The van der Waals surface area contributed by atoms with Crippen LogP contribution in [0.25, 0.3) is 0 Å². The van der Waals surface area contributed by atoms with Crippen molar-refractivity contribution in [2.24, 2.45) is 0 Å². The fourth-order valence-corrected chi connectivity index (χ4v) is 3.78. The summed E-state index contributed by atoms with van der Waals surface area (Å²) < 4.78 is 0.679. The second-order valence-electron chi connectivity index (χ2n) is 8.08. The van der Waals surface area contributed by atoms with Crippen molar-refractivity contribution in [1.82, 2.24) is 0 Å². The van der Waals surface area contributed by atoms with Crippen molar-refractivity contribution in [3.8, 4) is 0 Å². The molecule has 0 aromatic heterocycles. The first-order valence-corrected chi connectivity index (χ1v) is 11.2. The van der Waals surface area contributed by atoms with Crippen LogP contribution >= 0.6 is 23.2 Å². The molecule has 0 spiro atoms. The monoisotopic (exact) mass is 433 g/mol. The second kappa shape index (κ2) is 17.8. The van der Waals surface area contributed by atoms with Crippen molar-refractivity contribution in [3.05, 3.63) is 0 Å². The van der Waals surface area contributed by atoms with Gasteiger partial charge in [0, 0.05) is 12.3 Å². The van der Waals surface area contributed by atoms with Gasteiger partial charge in [0.1, 0.15) is 12.6 Å². The Labute approximate surface area is 178 Å². The highest BCUT2D eigenvalue weighted by Crippen LogP contribution is 2.22. The van der Waals surface area contributed by atoms with Gasteiger partial charge in [0.15, 0.2) is 0 Å². The van der Waals surface area contributed by atoms with Gasteiger partial charge in [-0.25, -0.2) is 0 Å². The van der Waals surface area contributed by atoms with E-state index in [-0.39, 0.29) is 24.2 Å². The van der Waals surface area contributed by atoms with Crippen LogP contribution in [0.15, 0.2) is 0 Å². The lowest BCUT2D eigenvalue weighted by Crippen LogP contribution is -3.00. The molecule has 3 nitrogen and oxygen atoms in total.